The highest BCUT2D eigenvalue weighted by Gasteiger charge is 2.35. The van der Waals surface area contributed by atoms with Crippen molar-refractivity contribution in [2.45, 2.75) is 41.4 Å². The van der Waals surface area contributed by atoms with Crippen molar-refractivity contribution >= 4 is 35.0 Å². The summed E-state index contributed by atoms with van der Waals surface area (Å²) in [5.41, 5.74) is -0.138. The molecule has 1 aliphatic rings. The minimum atomic E-state index is -0.138. The number of hydrogen-bond donors (Lipinski definition) is 2. The number of rotatable bonds is 4. The molecule has 2 rings (SSSR count). The number of likely N-dealkylation sites (N-methyl/N-ethyl adjacent to an activating group) is 1. The lowest BCUT2D eigenvalue weighted by Gasteiger charge is -2.39. The molecule has 1 aromatic carbocycles. The molecule has 106 valence electrons. The summed E-state index contributed by atoms with van der Waals surface area (Å²) in [5.74, 6) is 0. The predicted octanol–water partition coefficient (Wildman–Crippen LogP) is 3.98. The molecular weight excluding hydrogens is 301 g/mol. The van der Waals surface area contributed by atoms with Crippen molar-refractivity contribution in [3.8, 4) is 0 Å². The van der Waals surface area contributed by atoms with Gasteiger partial charge >= 0.3 is 0 Å². The van der Waals surface area contributed by atoms with Gasteiger partial charge in [-0.25, -0.2) is 0 Å². The number of benzene rings is 1. The smallest absolute Gasteiger partial charge is 0.0613 e. The molecular formula is C14H19Cl2NOS. The molecule has 1 aliphatic carbocycles. The molecule has 19 heavy (non-hydrogen) atoms. The molecule has 1 aromatic rings. The van der Waals surface area contributed by atoms with Crippen LogP contribution in [0.15, 0.2) is 23.1 Å². The third kappa shape index (κ3) is 3.79. The number of thioether (sulfide) groups is 1. The lowest BCUT2D eigenvalue weighted by molar-refractivity contribution is 0.131. The standard InChI is InChI=1S/C14H19Cl2NOS/c1-17-14(9-18)6-2-3-11(8-14)19-13-7-10(15)4-5-12(13)16/h4-5,7,11,17-18H,2-3,6,8-9H2,1H3. The van der Waals surface area contributed by atoms with Crippen molar-refractivity contribution in [2.75, 3.05) is 13.7 Å². The van der Waals surface area contributed by atoms with Crippen molar-refractivity contribution in [1.82, 2.24) is 5.32 Å². The predicted molar refractivity (Wildman–Crippen MR) is 83.5 cm³/mol. The van der Waals surface area contributed by atoms with E-state index >= 15 is 0 Å². The Labute approximate surface area is 128 Å². The Hall–Kier alpha value is 0.0700. The molecule has 0 heterocycles. The second-order valence-corrected chi connectivity index (χ2v) is 7.29. The van der Waals surface area contributed by atoms with Crippen LogP contribution in [0.3, 0.4) is 0 Å². The molecule has 0 bridgehead atoms. The van der Waals surface area contributed by atoms with Crippen LogP contribution in [-0.2, 0) is 0 Å². The summed E-state index contributed by atoms with van der Waals surface area (Å²) in [5, 5.41) is 14.8. The molecule has 2 unspecified atom stereocenters. The summed E-state index contributed by atoms with van der Waals surface area (Å²) in [4.78, 5) is 1.03. The third-order valence-electron chi connectivity index (χ3n) is 3.82. The lowest BCUT2D eigenvalue weighted by Crippen LogP contribution is -2.50. The molecule has 0 radical (unpaired) electrons. The van der Waals surface area contributed by atoms with Gasteiger partial charge in [0.1, 0.15) is 0 Å². The summed E-state index contributed by atoms with van der Waals surface area (Å²) in [6, 6.07) is 5.57. The van der Waals surface area contributed by atoms with Crippen LogP contribution in [0, 0.1) is 0 Å². The van der Waals surface area contributed by atoms with Crippen LogP contribution in [0.4, 0.5) is 0 Å². The van der Waals surface area contributed by atoms with Crippen LogP contribution in [0.2, 0.25) is 10.0 Å². The maximum Gasteiger partial charge on any atom is 0.0613 e. The summed E-state index contributed by atoms with van der Waals surface area (Å²) in [6.45, 7) is 0.184. The fourth-order valence-corrected chi connectivity index (χ4v) is 4.52. The average molecular weight is 320 g/mol. The molecule has 2 nitrogen and oxygen atoms in total. The fraction of sp³-hybridized carbons (Fsp3) is 0.571. The molecule has 2 N–H and O–H groups in total. The van der Waals surface area contributed by atoms with Gasteiger partial charge < -0.3 is 10.4 Å². The molecule has 2 atom stereocenters. The quantitative estimate of drug-likeness (QED) is 0.880. The van der Waals surface area contributed by atoms with Gasteiger partial charge in [0.15, 0.2) is 0 Å². The van der Waals surface area contributed by atoms with Crippen molar-refractivity contribution in [3.05, 3.63) is 28.2 Å². The van der Waals surface area contributed by atoms with E-state index in [4.69, 9.17) is 23.2 Å². The van der Waals surface area contributed by atoms with E-state index in [1.807, 2.05) is 19.2 Å². The highest BCUT2D eigenvalue weighted by Crippen LogP contribution is 2.41. The zero-order valence-electron chi connectivity index (χ0n) is 11.0. The van der Waals surface area contributed by atoms with E-state index in [-0.39, 0.29) is 12.1 Å². The largest absolute Gasteiger partial charge is 0.394 e. The first-order valence-corrected chi connectivity index (χ1v) is 8.13. The van der Waals surface area contributed by atoms with Crippen LogP contribution in [0.1, 0.15) is 25.7 Å². The summed E-state index contributed by atoms with van der Waals surface area (Å²) in [7, 11) is 1.93. The molecule has 1 saturated carbocycles. The van der Waals surface area contributed by atoms with Crippen LogP contribution >= 0.6 is 35.0 Å². The Morgan fingerprint density at radius 3 is 2.95 bits per heavy atom. The topological polar surface area (TPSA) is 32.3 Å². The van der Waals surface area contributed by atoms with Gasteiger partial charge in [-0.05, 0) is 44.5 Å². The molecule has 1 fully saturated rings. The van der Waals surface area contributed by atoms with E-state index in [2.05, 4.69) is 5.32 Å². The van der Waals surface area contributed by atoms with Gasteiger partial charge in [-0.3, -0.25) is 0 Å². The van der Waals surface area contributed by atoms with E-state index in [1.165, 1.54) is 0 Å². The molecule has 0 amide bonds. The average Bonchev–Trinajstić information content (AvgIpc) is 2.43. The van der Waals surface area contributed by atoms with Crippen molar-refractivity contribution in [1.29, 1.82) is 0 Å². The number of aliphatic hydroxyl groups is 1. The molecule has 0 aromatic heterocycles. The Bertz CT molecular complexity index is 437. The Morgan fingerprint density at radius 1 is 1.47 bits per heavy atom. The number of halogens is 2. The molecule has 0 saturated heterocycles. The number of aliphatic hydroxyl groups excluding tert-OH is 1. The molecule has 5 heteroatoms. The Balaban J connectivity index is 2.08. The van der Waals surface area contributed by atoms with E-state index in [9.17, 15) is 5.11 Å². The Morgan fingerprint density at radius 2 is 2.26 bits per heavy atom. The normalized spacial score (nSPS) is 27.5. The summed E-state index contributed by atoms with van der Waals surface area (Å²) < 4.78 is 0. The van der Waals surface area contributed by atoms with Crippen LogP contribution in [0.25, 0.3) is 0 Å². The SMILES string of the molecule is CNC1(CO)CCCC(Sc2cc(Cl)ccc2Cl)C1. The van der Waals surface area contributed by atoms with Crippen LogP contribution < -0.4 is 5.32 Å². The van der Waals surface area contributed by atoms with E-state index < -0.39 is 0 Å². The van der Waals surface area contributed by atoms with Crippen LogP contribution in [0.5, 0.6) is 0 Å². The van der Waals surface area contributed by atoms with E-state index in [1.54, 1.807) is 17.8 Å². The van der Waals surface area contributed by atoms with E-state index in [0.717, 1.165) is 35.6 Å². The fourth-order valence-electron chi connectivity index (χ4n) is 2.61. The minimum Gasteiger partial charge on any atom is -0.394 e. The van der Waals surface area contributed by atoms with Gasteiger partial charge in [-0.15, -0.1) is 11.8 Å². The van der Waals surface area contributed by atoms with Gasteiger partial charge in [0.05, 0.1) is 11.6 Å². The first-order chi connectivity index (χ1) is 9.08. The summed E-state index contributed by atoms with van der Waals surface area (Å²) >= 11 is 14.0. The molecule has 0 aliphatic heterocycles. The van der Waals surface area contributed by atoms with Crippen molar-refractivity contribution in [2.24, 2.45) is 0 Å². The van der Waals surface area contributed by atoms with Gasteiger partial charge in [0.2, 0.25) is 0 Å². The van der Waals surface area contributed by atoms with Gasteiger partial charge in [-0.1, -0.05) is 29.6 Å². The van der Waals surface area contributed by atoms with Crippen LogP contribution in [-0.4, -0.2) is 29.5 Å². The second-order valence-electron chi connectivity index (χ2n) is 5.10. The molecule has 0 spiro atoms. The monoisotopic (exact) mass is 319 g/mol. The van der Waals surface area contributed by atoms with E-state index in [0.29, 0.717) is 10.3 Å². The maximum atomic E-state index is 9.61. The first-order valence-electron chi connectivity index (χ1n) is 6.50. The summed E-state index contributed by atoms with van der Waals surface area (Å²) in [6.07, 6.45) is 4.25. The second kappa shape index (κ2) is 6.68. The minimum absolute atomic E-state index is 0.138. The highest BCUT2D eigenvalue weighted by molar-refractivity contribution is 8.00. The Kier molecular flexibility index (Phi) is 5.44. The first kappa shape index (κ1) is 15.5. The highest BCUT2D eigenvalue weighted by atomic mass is 35.5. The number of hydrogen-bond acceptors (Lipinski definition) is 3. The van der Waals surface area contributed by atoms with Gasteiger partial charge in [0.25, 0.3) is 0 Å². The maximum absolute atomic E-state index is 9.61. The zero-order valence-corrected chi connectivity index (χ0v) is 13.3. The van der Waals surface area contributed by atoms with Gasteiger partial charge in [0, 0.05) is 20.7 Å². The van der Waals surface area contributed by atoms with Crippen molar-refractivity contribution < 1.29 is 5.11 Å². The lowest BCUT2D eigenvalue weighted by atomic mass is 9.82. The number of nitrogens with one attached hydrogen (secondary N) is 1. The van der Waals surface area contributed by atoms with Gasteiger partial charge in [-0.2, -0.15) is 0 Å². The zero-order chi connectivity index (χ0) is 13.9. The van der Waals surface area contributed by atoms with Crippen molar-refractivity contribution in [3.63, 3.8) is 0 Å². The third-order valence-corrected chi connectivity index (χ3v) is 5.82.